The van der Waals surface area contributed by atoms with Crippen LogP contribution in [0.2, 0.25) is 0 Å². The molecular weight excluding hydrogens is 204 g/mol. The summed E-state index contributed by atoms with van der Waals surface area (Å²) in [7, 11) is 0. The van der Waals surface area contributed by atoms with Crippen molar-refractivity contribution >= 4 is 5.91 Å². The normalized spacial score (nSPS) is 42.8. The number of nitrogens with two attached hydrogens (primary N) is 1. The number of nitrogens with one attached hydrogen (secondary N) is 1. The van der Waals surface area contributed by atoms with Gasteiger partial charge in [0.1, 0.15) is 0 Å². The minimum absolute atomic E-state index is 0.0113. The van der Waals surface area contributed by atoms with Crippen LogP contribution in [0.5, 0.6) is 0 Å². The van der Waals surface area contributed by atoms with Crippen molar-refractivity contribution in [3.8, 4) is 0 Å². The van der Waals surface area contributed by atoms with E-state index in [2.05, 4.69) is 12.2 Å². The van der Waals surface area contributed by atoms with Crippen molar-refractivity contribution in [3.63, 3.8) is 0 Å². The maximum atomic E-state index is 11.8. The van der Waals surface area contributed by atoms with Crippen molar-refractivity contribution < 1.29 is 9.90 Å². The zero-order valence-electron chi connectivity index (χ0n) is 9.91. The third kappa shape index (κ3) is 2.38. The monoisotopic (exact) mass is 226 g/mol. The first kappa shape index (κ1) is 11.9. The van der Waals surface area contributed by atoms with Crippen LogP contribution in [-0.4, -0.2) is 29.2 Å². The van der Waals surface area contributed by atoms with E-state index in [1.54, 1.807) is 0 Å². The summed E-state index contributed by atoms with van der Waals surface area (Å²) in [6.07, 6.45) is 4.73. The van der Waals surface area contributed by atoms with E-state index in [1.807, 2.05) is 0 Å². The molecule has 1 amide bonds. The Morgan fingerprint density at radius 2 is 2.06 bits per heavy atom. The number of aliphatic hydroxyl groups is 1. The van der Waals surface area contributed by atoms with Crippen LogP contribution < -0.4 is 11.1 Å². The highest BCUT2D eigenvalue weighted by Crippen LogP contribution is 2.34. The van der Waals surface area contributed by atoms with E-state index >= 15 is 0 Å². The van der Waals surface area contributed by atoms with Crippen LogP contribution in [0.3, 0.4) is 0 Å². The lowest BCUT2D eigenvalue weighted by molar-refractivity contribution is -0.125. The molecule has 0 aliphatic heterocycles. The Balaban J connectivity index is 1.91. The highest BCUT2D eigenvalue weighted by atomic mass is 16.3. The first-order chi connectivity index (χ1) is 7.56. The molecule has 0 heterocycles. The Kier molecular flexibility index (Phi) is 3.22. The maximum absolute atomic E-state index is 11.8. The molecule has 2 aliphatic carbocycles. The molecule has 2 saturated carbocycles. The summed E-state index contributed by atoms with van der Waals surface area (Å²) in [5.41, 5.74) is 5.29. The molecule has 0 aromatic carbocycles. The number of carbonyl (C=O) groups excluding carboxylic acids is 1. The van der Waals surface area contributed by atoms with Gasteiger partial charge in [-0.3, -0.25) is 4.79 Å². The Morgan fingerprint density at radius 3 is 2.50 bits per heavy atom. The fourth-order valence-electron chi connectivity index (χ4n) is 2.51. The Labute approximate surface area is 96.6 Å². The first-order valence-corrected chi connectivity index (χ1v) is 6.25. The van der Waals surface area contributed by atoms with E-state index in [-0.39, 0.29) is 30.0 Å². The molecule has 0 radical (unpaired) electrons. The van der Waals surface area contributed by atoms with E-state index in [9.17, 15) is 9.90 Å². The van der Waals surface area contributed by atoms with Crippen LogP contribution in [0, 0.1) is 11.8 Å². The molecule has 2 aliphatic rings. The summed E-state index contributed by atoms with van der Waals surface area (Å²) in [5, 5.41) is 12.5. The van der Waals surface area contributed by atoms with Crippen molar-refractivity contribution in [2.75, 3.05) is 6.61 Å². The lowest BCUT2D eigenvalue weighted by Crippen LogP contribution is -2.54. The smallest absolute Gasteiger partial charge is 0.225 e. The van der Waals surface area contributed by atoms with Crippen LogP contribution in [0.25, 0.3) is 0 Å². The summed E-state index contributed by atoms with van der Waals surface area (Å²) in [5.74, 6) is 0.735. The lowest BCUT2D eigenvalue weighted by atomic mass is 9.77. The third-order valence-corrected chi connectivity index (χ3v) is 4.10. The summed E-state index contributed by atoms with van der Waals surface area (Å²) in [4.78, 5) is 11.8. The van der Waals surface area contributed by atoms with Gasteiger partial charge in [0.05, 0.1) is 18.1 Å². The number of hydrogen-bond donors (Lipinski definition) is 3. The van der Waals surface area contributed by atoms with E-state index in [0.717, 1.165) is 32.1 Å². The number of carbonyl (C=O) groups is 1. The first-order valence-electron chi connectivity index (χ1n) is 6.25. The zero-order chi connectivity index (χ0) is 11.8. The van der Waals surface area contributed by atoms with Crippen molar-refractivity contribution in [1.82, 2.24) is 5.32 Å². The predicted octanol–water partition coefficient (Wildman–Crippen LogP) is 0.391. The second-order valence-corrected chi connectivity index (χ2v) is 5.62. The number of amides is 1. The van der Waals surface area contributed by atoms with Gasteiger partial charge in [0, 0.05) is 6.04 Å². The summed E-state index contributed by atoms with van der Waals surface area (Å²) in [6.45, 7) is 2.27. The number of hydrogen-bond acceptors (Lipinski definition) is 3. The van der Waals surface area contributed by atoms with Crippen molar-refractivity contribution in [3.05, 3.63) is 0 Å². The van der Waals surface area contributed by atoms with Gasteiger partial charge in [-0.15, -0.1) is 0 Å². The van der Waals surface area contributed by atoms with Gasteiger partial charge >= 0.3 is 0 Å². The van der Waals surface area contributed by atoms with Crippen molar-refractivity contribution in [1.29, 1.82) is 0 Å². The second-order valence-electron chi connectivity index (χ2n) is 5.62. The fraction of sp³-hybridized carbons (Fsp3) is 0.917. The number of aliphatic hydroxyl groups excluding tert-OH is 1. The molecule has 2 unspecified atom stereocenters. The Hall–Kier alpha value is -0.610. The highest BCUT2D eigenvalue weighted by Gasteiger charge is 2.44. The largest absolute Gasteiger partial charge is 0.394 e. The molecule has 0 aromatic heterocycles. The van der Waals surface area contributed by atoms with Crippen LogP contribution in [-0.2, 0) is 4.79 Å². The average Bonchev–Trinajstić information content (AvgIpc) is 3.00. The van der Waals surface area contributed by atoms with Gasteiger partial charge in [-0.25, -0.2) is 0 Å². The van der Waals surface area contributed by atoms with Gasteiger partial charge in [-0.2, -0.15) is 0 Å². The molecule has 4 nitrogen and oxygen atoms in total. The van der Waals surface area contributed by atoms with Gasteiger partial charge in [0.2, 0.25) is 5.91 Å². The standard InChI is InChI=1S/C12H22N2O2/c1-8-2-4-12(7-15,5-3-8)14-11(16)9-6-10(9)13/h8-10,15H,2-7,13H2,1H3,(H,14,16). The Morgan fingerprint density at radius 1 is 1.50 bits per heavy atom. The van der Waals surface area contributed by atoms with E-state index in [4.69, 9.17) is 5.73 Å². The fourth-order valence-corrected chi connectivity index (χ4v) is 2.51. The molecule has 4 N–H and O–H groups in total. The summed E-state index contributed by atoms with van der Waals surface area (Å²) < 4.78 is 0. The minimum Gasteiger partial charge on any atom is -0.394 e. The van der Waals surface area contributed by atoms with Gasteiger partial charge in [0.25, 0.3) is 0 Å². The molecule has 92 valence electrons. The minimum atomic E-state index is -0.369. The lowest BCUT2D eigenvalue weighted by Gasteiger charge is -2.38. The molecule has 2 rings (SSSR count). The zero-order valence-corrected chi connectivity index (χ0v) is 9.91. The van der Waals surface area contributed by atoms with Crippen LogP contribution in [0.4, 0.5) is 0 Å². The van der Waals surface area contributed by atoms with Crippen LogP contribution in [0.1, 0.15) is 39.0 Å². The molecule has 2 atom stereocenters. The quantitative estimate of drug-likeness (QED) is 0.651. The van der Waals surface area contributed by atoms with Gasteiger partial charge in [-0.1, -0.05) is 6.92 Å². The predicted molar refractivity (Wildman–Crippen MR) is 61.7 cm³/mol. The molecule has 16 heavy (non-hydrogen) atoms. The van der Waals surface area contributed by atoms with Crippen LogP contribution in [0.15, 0.2) is 0 Å². The highest BCUT2D eigenvalue weighted by molar-refractivity contribution is 5.83. The number of rotatable bonds is 3. The van der Waals surface area contributed by atoms with Gasteiger partial charge in [-0.05, 0) is 38.0 Å². The van der Waals surface area contributed by atoms with Crippen molar-refractivity contribution in [2.45, 2.75) is 50.6 Å². The summed E-state index contributed by atoms with van der Waals surface area (Å²) in [6, 6.07) is 0.0401. The van der Waals surface area contributed by atoms with E-state index < -0.39 is 0 Å². The van der Waals surface area contributed by atoms with Gasteiger partial charge in [0.15, 0.2) is 0 Å². The van der Waals surface area contributed by atoms with Crippen molar-refractivity contribution in [2.24, 2.45) is 17.6 Å². The molecule has 0 bridgehead atoms. The Bertz CT molecular complexity index is 272. The van der Waals surface area contributed by atoms with Crippen LogP contribution >= 0.6 is 0 Å². The molecule has 2 fully saturated rings. The molecule has 0 saturated heterocycles. The second kappa shape index (κ2) is 4.34. The molecule has 4 heteroatoms. The van der Waals surface area contributed by atoms with E-state index in [0.29, 0.717) is 5.92 Å². The SMILES string of the molecule is CC1CCC(CO)(NC(=O)C2CC2N)CC1. The maximum Gasteiger partial charge on any atom is 0.225 e. The third-order valence-electron chi connectivity index (χ3n) is 4.10. The van der Waals surface area contributed by atoms with E-state index in [1.165, 1.54) is 0 Å². The summed E-state index contributed by atoms with van der Waals surface area (Å²) >= 11 is 0. The average molecular weight is 226 g/mol. The molecule has 0 spiro atoms. The topological polar surface area (TPSA) is 75.3 Å². The molecule has 0 aromatic rings. The molecular formula is C12H22N2O2. The van der Waals surface area contributed by atoms with Gasteiger partial charge < -0.3 is 16.2 Å².